The molecule has 1 saturated heterocycles. The van der Waals surface area contributed by atoms with Gasteiger partial charge in [-0.05, 0) is 26.0 Å². The minimum atomic E-state index is -0.491. The van der Waals surface area contributed by atoms with Crippen LogP contribution in [0.1, 0.15) is 17.7 Å². The van der Waals surface area contributed by atoms with E-state index in [2.05, 4.69) is 15.3 Å². The highest BCUT2D eigenvalue weighted by atomic mass is 35.5. The fraction of sp³-hybridized carbons (Fsp3) is 0.263. The maximum Gasteiger partial charge on any atom is 0.173 e. The van der Waals surface area contributed by atoms with E-state index in [1.807, 2.05) is 0 Å². The number of aliphatic imine (C=N–C) groups is 1. The number of nitrogens with one attached hydrogen (secondary N) is 1. The van der Waals surface area contributed by atoms with Crippen LogP contribution in [0.3, 0.4) is 0 Å². The number of aryl methyl sites for hydroxylation is 1. The van der Waals surface area contributed by atoms with Gasteiger partial charge in [0.05, 0.1) is 22.0 Å². The molecule has 0 bridgehead atoms. The van der Waals surface area contributed by atoms with Crippen LogP contribution in [0.4, 0.5) is 15.8 Å². The summed E-state index contributed by atoms with van der Waals surface area (Å²) in [6.07, 6.45) is 4.35. The van der Waals surface area contributed by atoms with Crippen molar-refractivity contribution < 1.29 is 9.13 Å². The number of rotatable bonds is 4. The molecule has 28 heavy (non-hydrogen) atoms. The summed E-state index contributed by atoms with van der Waals surface area (Å²) in [6.45, 7) is 3.49. The Hall–Kier alpha value is -2.84. The molecule has 0 saturated carbocycles. The first-order chi connectivity index (χ1) is 13.4. The van der Waals surface area contributed by atoms with Gasteiger partial charge >= 0.3 is 0 Å². The monoisotopic (exact) mass is 402 g/mol. The van der Waals surface area contributed by atoms with Gasteiger partial charge in [-0.15, -0.1) is 0 Å². The number of aromatic nitrogens is 2. The number of nitrogens with two attached hydrogens (primary N) is 2. The van der Waals surface area contributed by atoms with Crippen LogP contribution >= 0.6 is 11.6 Å². The van der Waals surface area contributed by atoms with E-state index in [0.29, 0.717) is 33.4 Å². The lowest BCUT2D eigenvalue weighted by Crippen LogP contribution is -2.20. The van der Waals surface area contributed by atoms with Crippen molar-refractivity contribution in [2.45, 2.75) is 19.4 Å². The first-order valence-corrected chi connectivity index (χ1v) is 9.24. The third-order valence-electron chi connectivity index (χ3n) is 4.53. The number of fused-ring (bicyclic) bond motifs is 1. The van der Waals surface area contributed by atoms with Crippen molar-refractivity contribution in [1.82, 2.24) is 14.7 Å². The smallest absolute Gasteiger partial charge is 0.173 e. The molecule has 1 aromatic carbocycles. The Kier molecular flexibility index (Phi) is 4.82. The third-order valence-corrected chi connectivity index (χ3v) is 4.83. The normalized spacial score (nSPS) is 17.4. The predicted molar refractivity (Wildman–Crippen MR) is 108 cm³/mol. The number of imidazole rings is 1. The fourth-order valence-electron chi connectivity index (χ4n) is 3.28. The van der Waals surface area contributed by atoms with E-state index in [1.54, 1.807) is 35.9 Å². The average molecular weight is 403 g/mol. The van der Waals surface area contributed by atoms with E-state index in [9.17, 15) is 4.39 Å². The Morgan fingerprint density at radius 1 is 1.39 bits per heavy atom. The average Bonchev–Trinajstić information content (AvgIpc) is 3.23. The van der Waals surface area contributed by atoms with Crippen molar-refractivity contribution in [3.63, 3.8) is 0 Å². The van der Waals surface area contributed by atoms with Crippen molar-refractivity contribution in [3.05, 3.63) is 52.7 Å². The van der Waals surface area contributed by atoms with Crippen LogP contribution < -0.4 is 21.5 Å². The highest BCUT2D eigenvalue weighted by Gasteiger charge is 2.18. The minimum absolute atomic E-state index is 0.0840. The van der Waals surface area contributed by atoms with E-state index < -0.39 is 5.82 Å². The van der Waals surface area contributed by atoms with Crippen LogP contribution in [-0.4, -0.2) is 34.4 Å². The van der Waals surface area contributed by atoms with Gasteiger partial charge in [0.25, 0.3) is 0 Å². The van der Waals surface area contributed by atoms with Gasteiger partial charge in [0, 0.05) is 36.8 Å². The quantitative estimate of drug-likeness (QED) is 0.354. The number of hydrogen-bond acceptors (Lipinski definition) is 5. The van der Waals surface area contributed by atoms with Gasteiger partial charge in [-0.1, -0.05) is 11.6 Å². The molecule has 146 valence electrons. The molecule has 7 nitrogen and oxygen atoms in total. The summed E-state index contributed by atoms with van der Waals surface area (Å²) in [5, 5.41) is 3.55. The maximum atomic E-state index is 14.3. The Morgan fingerprint density at radius 3 is 2.93 bits per heavy atom. The molecule has 5 N–H and O–H groups in total. The molecule has 1 aliphatic rings. The summed E-state index contributed by atoms with van der Waals surface area (Å²) in [6, 6.07) is 4.60. The fourth-order valence-corrected chi connectivity index (χ4v) is 3.60. The number of halogens is 2. The van der Waals surface area contributed by atoms with Crippen molar-refractivity contribution in [2.75, 3.05) is 18.8 Å². The van der Waals surface area contributed by atoms with Crippen molar-refractivity contribution in [3.8, 4) is 5.75 Å². The van der Waals surface area contributed by atoms with Gasteiger partial charge in [-0.2, -0.15) is 0 Å². The van der Waals surface area contributed by atoms with Crippen LogP contribution in [0, 0.1) is 12.7 Å². The molecule has 3 aromatic rings. The van der Waals surface area contributed by atoms with Crippen LogP contribution in [0.2, 0.25) is 5.02 Å². The summed E-state index contributed by atoms with van der Waals surface area (Å²) in [7, 11) is 0. The highest BCUT2D eigenvalue weighted by molar-refractivity contribution is 6.35. The molecule has 1 unspecified atom stereocenters. The molecule has 2 aromatic heterocycles. The number of hydrogen-bond donors (Lipinski definition) is 3. The van der Waals surface area contributed by atoms with Crippen LogP contribution in [0.25, 0.3) is 5.65 Å². The summed E-state index contributed by atoms with van der Waals surface area (Å²) in [4.78, 5) is 8.41. The zero-order valence-electron chi connectivity index (χ0n) is 15.2. The predicted octanol–water partition coefficient (Wildman–Crippen LogP) is 2.80. The van der Waals surface area contributed by atoms with Crippen LogP contribution in [0.5, 0.6) is 5.75 Å². The number of amidine groups is 1. The third kappa shape index (κ3) is 3.61. The molecule has 0 radical (unpaired) electrons. The summed E-state index contributed by atoms with van der Waals surface area (Å²) in [5.41, 5.74) is 14.3. The number of nitrogens with zero attached hydrogens (tertiary/aromatic N) is 3. The number of ether oxygens (including phenoxy) is 1. The van der Waals surface area contributed by atoms with E-state index in [0.717, 1.165) is 19.5 Å². The highest BCUT2D eigenvalue weighted by Crippen LogP contribution is 2.30. The number of pyridine rings is 1. The maximum absolute atomic E-state index is 14.3. The topological polar surface area (TPSA) is 103 Å². The Morgan fingerprint density at radius 2 is 2.21 bits per heavy atom. The molecular weight excluding hydrogens is 383 g/mol. The van der Waals surface area contributed by atoms with Gasteiger partial charge in [0.2, 0.25) is 0 Å². The lowest BCUT2D eigenvalue weighted by atomic mass is 10.1. The summed E-state index contributed by atoms with van der Waals surface area (Å²) in [5.74, 6) is 0.177. The van der Waals surface area contributed by atoms with Crippen molar-refractivity contribution >= 4 is 34.5 Å². The molecular formula is C19H20ClFN6O. The van der Waals surface area contributed by atoms with Gasteiger partial charge in [0.1, 0.15) is 17.7 Å². The number of benzene rings is 1. The largest absolute Gasteiger partial charge is 0.489 e. The van der Waals surface area contributed by atoms with Crippen LogP contribution in [-0.2, 0) is 0 Å². The van der Waals surface area contributed by atoms with E-state index in [-0.39, 0.29) is 17.6 Å². The number of nitrogen functional groups attached to an aromatic ring is 1. The van der Waals surface area contributed by atoms with Crippen molar-refractivity contribution in [1.29, 1.82) is 0 Å². The molecule has 9 heteroatoms. The van der Waals surface area contributed by atoms with E-state index in [4.69, 9.17) is 27.8 Å². The van der Waals surface area contributed by atoms with E-state index >= 15 is 0 Å². The Balaban J connectivity index is 1.66. The second kappa shape index (κ2) is 7.29. The lowest BCUT2D eigenvalue weighted by Gasteiger charge is -2.15. The van der Waals surface area contributed by atoms with Crippen molar-refractivity contribution in [2.24, 2.45) is 10.7 Å². The zero-order chi connectivity index (χ0) is 19.8. The molecule has 0 aliphatic carbocycles. The zero-order valence-corrected chi connectivity index (χ0v) is 16.0. The van der Waals surface area contributed by atoms with Gasteiger partial charge in [0.15, 0.2) is 11.5 Å². The Labute approximate surface area is 166 Å². The van der Waals surface area contributed by atoms with Gasteiger partial charge < -0.3 is 25.9 Å². The molecule has 1 aliphatic heterocycles. The number of anilines is 1. The first-order valence-electron chi connectivity index (χ1n) is 8.86. The Bertz CT molecular complexity index is 1050. The molecule has 4 rings (SSSR count). The second-order valence-corrected chi connectivity index (χ2v) is 7.17. The molecule has 1 fully saturated rings. The molecule has 0 amide bonds. The molecule has 1 atom stereocenters. The standard InChI is InChI=1S/C19H20ClFN6O/c1-10-8-27-9-11(4-15(21)19(27)25-10)26-18(23)17-14(20)5-13(6-16(17)22)28-12-2-3-24-7-12/h4-6,8-9,12,24H,2-3,7,22H2,1H3,(H2,23,26). The van der Waals surface area contributed by atoms with Gasteiger partial charge in [-0.3, -0.25) is 0 Å². The minimum Gasteiger partial charge on any atom is -0.489 e. The van der Waals surface area contributed by atoms with Gasteiger partial charge in [-0.25, -0.2) is 14.4 Å². The summed E-state index contributed by atoms with van der Waals surface area (Å²) >= 11 is 6.39. The SMILES string of the molecule is Cc1cn2cc(N=C(N)c3c(N)cc(OC4CCNC4)cc3Cl)cc(F)c2n1. The molecule has 3 heterocycles. The summed E-state index contributed by atoms with van der Waals surface area (Å²) < 4.78 is 21.7. The van der Waals surface area contributed by atoms with E-state index in [1.165, 1.54) is 6.07 Å². The first kappa shape index (κ1) is 18.5. The molecule has 0 spiro atoms. The van der Waals surface area contributed by atoms with Crippen LogP contribution in [0.15, 0.2) is 35.6 Å². The lowest BCUT2D eigenvalue weighted by molar-refractivity contribution is 0.223. The second-order valence-electron chi connectivity index (χ2n) is 6.76.